The van der Waals surface area contributed by atoms with Crippen LogP contribution in [0.2, 0.25) is 0 Å². The van der Waals surface area contributed by atoms with Crippen molar-refractivity contribution in [1.29, 1.82) is 0 Å². The second kappa shape index (κ2) is 6.03. The minimum atomic E-state index is 0.638. The van der Waals surface area contributed by atoms with E-state index in [1.54, 1.807) is 11.3 Å². The number of aryl methyl sites for hydroxylation is 1. The highest BCUT2D eigenvalue weighted by atomic mass is 32.1. The number of rotatable bonds is 5. The second-order valence-corrected chi connectivity index (χ2v) is 5.70. The molecule has 0 bridgehead atoms. The Labute approximate surface area is 113 Å². The molecular weight excluding hydrogens is 240 g/mol. The molecule has 96 valence electrons. The minimum Gasteiger partial charge on any atom is -0.369 e. The van der Waals surface area contributed by atoms with Crippen LogP contribution >= 0.6 is 11.3 Å². The molecule has 1 aromatic heterocycles. The van der Waals surface area contributed by atoms with Crippen molar-refractivity contribution in [3.8, 4) is 0 Å². The fourth-order valence-electron chi connectivity index (χ4n) is 1.93. The molecule has 0 aliphatic heterocycles. The van der Waals surface area contributed by atoms with E-state index in [4.69, 9.17) is 5.73 Å². The van der Waals surface area contributed by atoms with Crippen molar-refractivity contribution >= 4 is 17.0 Å². The van der Waals surface area contributed by atoms with Gasteiger partial charge in [0.25, 0.3) is 0 Å². The van der Waals surface area contributed by atoms with Gasteiger partial charge < -0.3 is 10.6 Å². The van der Waals surface area contributed by atoms with Crippen LogP contribution in [0, 0.1) is 0 Å². The first-order valence-corrected chi connectivity index (χ1v) is 7.12. The normalized spacial score (nSPS) is 10.6. The van der Waals surface area contributed by atoms with Crippen LogP contribution in [0.1, 0.15) is 22.2 Å². The number of nitrogens with two attached hydrogens (primary N) is 1. The van der Waals surface area contributed by atoms with Crippen LogP contribution in [0.3, 0.4) is 0 Å². The molecule has 2 N–H and O–H groups in total. The van der Waals surface area contributed by atoms with Gasteiger partial charge in [-0.1, -0.05) is 19.1 Å². The molecule has 1 aromatic carbocycles. The van der Waals surface area contributed by atoms with Gasteiger partial charge in [-0.2, -0.15) is 0 Å². The van der Waals surface area contributed by atoms with Crippen LogP contribution in [0.15, 0.2) is 36.4 Å². The van der Waals surface area contributed by atoms with E-state index < -0.39 is 0 Å². The molecule has 0 spiro atoms. The molecule has 2 rings (SSSR count). The minimum absolute atomic E-state index is 0.638. The Balaban J connectivity index is 2.03. The zero-order chi connectivity index (χ0) is 13.0. The average Bonchev–Trinajstić information content (AvgIpc) is 2.86. The Morgan fingerprint density at radius 3 is 2.28 bits per heavy atom. The lowest BCUT2D eigenvalue weighted by atomic mass is 10.1. The lowest BCUT2D eigenvalue weighted by molar-refractivity contribution is 0.939. The standard InChI is InChI=1S/C15H20N2S/c1-3-12-4-6-13(7-5-12)17(2)11-15-9-8-14(10-16)18-15/h4-9H,3,10-11,16H2,1-2H3. The number of hydrogen-bond donors (Lipinski definition) is 1. The molecule has 18 heavy (non-hydrogen) atoms. The van der Waals surface area contributed by atoms with Crippen LogP contribution < -0.4 is 10.6 Å². The number of anilines is 1. The van der Waals surface area contributed by atoms with Gasteiger partial charge in [0.15, 0.2) is 0 Å². The summed E-state index contributed by atoms with van der Waals surface area (Å²) in [5.74, 6) is 0. The molecule has 3 heteroatoms. The third kappa shape index (κ3) is 3.12. The maximum atomic E-state index is 5.63. The van der Waals surface area contributed by atoms with Crippen molar-refractivity contribution in [2.24, 2.45) is 5.73 Å². The highest BCUT2D eigenvalue weighted by Gasteiger charge is 2.04. The van der Waals surface area contributed by atoms with Gasteiger partial charge in [0.1, 0.15) is 0 Å². The molecule has 0 fully saturated rings. The van der Waals surface area contributed by atoms with Gasteiger partial charge >= 0.3 is 0 Å². The first kappa shape index (κ1) is 13.1. The van der Waals surface area contributed by atoms with Crippen molar-refractivity contribution in [2.45, 2.75) is 26.4 Å². The Kier molecular flexibility index (Phi) is 4.39. The first-order chi connectivity index (χ1) is 8.72. The number of hydrogen-bond acceptors (Lipinski definition) is 3. The lowest BCUT2D eigenvalue weighted by Gasteiger charge is -2.18. The van der Waals surface area contributed by atoms with Gasteiger partial charge in [0.05, 0.1) is 6.54 Å². The molecule has 0 aliphatic rings. The van der Waals surface area contributed by atoms with Crippen molar-refractivity contribution in [2.75, 3.05) is 11.9 Å². The van der Waals surface area contributed by atoms with Gasteiger partial charge in [-0.3, -0.25) is 0 Å². The molecule has 2 aromatic rings. The van der Waals surface area contributed by atoms with Gasteiger partial charge in [0, 0.05) is 29.0 Å². The summed E-state index contributed by atoms with van der Waals surface area (Å²) in [5.41, 5.74) is 8.28. The van der Waals surface area contributed by atoms with E-state index in [-0.39, 0.29) is 0 Å². The fourth-order valence-corrected chi connectivity index (χ4v) is 2.88. The Bertz CT molecular complexity index is 487. The smallest absolute Gasteiger partial charge is 0.0519 e. The molecule has 1 heterocycles. The average molecular weight is 260 g/mol. The van der Waals surface area contributed by atoms with Gasteiger partial charge in [-0.15, -0.1) is 11.3 Å². The molecule has 0 unspecified atom stereocenters. The largest absolute Gasteiger partial charge is 0.369 e. The molecule has 0 saturated carbocycles. The van der Waals surface area contributed by atoms with E-state index in [0.717, 1.165) is 13.0 Å². The van der Waals surface area contributed by atoms with Crippen molar-refractivity contribution in [3.05, 3.63) is 51.7 Å². The molecule has 0 aliphatic carbocycles. The Morgan fingerprint density at radius 2 is 1.72 bits per heavy atom. The SMILES string of the molecule is CCc1ccc(N(C)Cc2ccc(CN)s2)cc1. The summed E-state index contributed by atoms with van der Waals surface area (Å²) in [7, 11) is 2.13. The Hall–Kier alpha value is -1.32. The van der Waals surface area contributed by atoms with E-state index in [1.807, 2.05) is 0 Å². The van der Waals surface area contributed by atoms with E-state index >= 15 is 0 Å². The third-order valence-corrected chi connectivity index (χ3v) is 4.19. The van der Waals surface area contributed by atoms with Gasteiger partial charge in [-0.25, -0.2) is 0 Å². The van der Waals surface area contributed by atoms with Crippen LogP contribution in [0.5, 0.6) is 0 Å². The van der Waals surface area contributed by atoms with Gasteiger partial charge in [-0.05, 0) is 36.2 Å². The van der Waals surface area contributed by atoms with Gasteiger partial charge in [0.2, 0.25) is 0 Å². The summed E-state index contributed by atoms with van der Waals surface area (Å²) in [6.45, 7) is 3.76. The van der Waals surface area contributed by atoms with Crippen LogP contribution in [-0.4, -0.2) is 7.05 Å². The summed E-state index contributed by atoms with van der Waals surface area (Å²) in [6, 6.07) is 13.1. The zero-order valence-corrected chi connectivity index (χ0v) is 11.8. The van der Waals surface area contributed by atoms with E-state index in [0.29, 0.717) is 6.54 Å². The summed E-state index contributed by atoms with van der Waals surface area (Å²) >= 11 is 1.80. The number of thiophene rings is 1. The van der Waals surface area contributed by atoms with Crippen LogP contribution in [0.4, 0.5) is 5.69 Å². The number of nitrogens with zero attached hydrogens (tertiary/aromatic N) is 1. The van der Waals surface area contributed by atoms with Crippen molar-refractivity contribution in [3.63, 3.8) is 0 Å². The summed E-state index contributed by atoms with van der Waals surface area (Å²) in [6.07, 6.45) is 1.09. The number of benzene rings is 1. The predicted molar refractivity (Wildman–Crippen MR) is 80.1 cm³/mol. The monoisotopic (exact) mass is 260 g/mol. The van der Waals surface area contributed by atoms with E-state index in [2.05, 4.69) is 55.3 Å². The quantitative estimate of drug-likeness (QED) is 0.892. The van der Waals surface area contributed by atoms with Crippen LogP contribution in [-0.2, 0) is 19.5 Å². The zero-order valence-electron chi connectivity index (χ0n) is 11.0. The highest BCUT2D eigenvalue weighted by Crippen LogP contribution is 2.21. The highest BCUT2D eigenvalue weighted by molar-refractivity contribution is 7.12. The lowest BCUT2D eigenvalue weighted by Crippen LogP contribution is -2.15. The van der Waals surface area contributed by atoms with E-state index in [1.165, 1.54) is 21.0 Å². The summed E-state index contributed by atoms with van der Waals surface area (Å²) in [5, 5.41) is 0. The van der Waals surface area contributed by atoms with Crippen molar-refractivity contribution in [1.82, 2.24) is 0 Å². The third-order valence-electron chi connectivity index (χ3n) is 3.10. The Morgan fingerprint density at radius 1 is 1.06 bits per heavy atom. The molecule has 0 amide bonds. The maximum absolute atomic E-state index is 5.63. The second-order valence-electron chi connectivity index (χ2n) is 4.45. The van der Waals surface area contributed by atoms with Crippen LogP contribution in [0.25, 0.3) is 0 Å². The molecule has 0 saturated heterocycles. The fraction of sp³-hybridized carbons (Fsp3) is 0.333. The predicted octanol–water partition coefficient (Wildman–Crippen LogP) is 3.41. The first-order valence-electron chi connectivity index (χ1n) is 6.30. The molecular formula is C15H20N2S. The molecule has 2 nitrogen and oxygen atoms in total. The molecule has 0 atom stereocenters. The summed E-state index contributed by atoms with van der Waals surface area (Å²) < 4.78 is 0. The van der Waals surface area contributed by atoms with Crippen molar-refractivity contribution < 1.29 is 0 Å². The topological polar surface area (TPSA) is 29.3 Å². The molecule has 0 radical (unpaired) electrons. The van der Waals surface area contributed by atoms with E-state index in [9.17, 15) is 0 Å². The maximum Gasteiger partial charge on any atom is 0.0519 e. The summed E-state index contributed by atoms with van der Waals surface area (Å²) in [4.78, 5) is 4.88.